The Balaban J connectivity index is 1.92. The number of furan rings is 1. The lowest BCUT2D eigenvalue weighted by Crippen LogP contribution is -2.27. The molecule has 4 aromatic rings. The molecule has 4 heteroatoms. The highest BCUT2D eigenvalue weighted by Gasteiger charge is 2.18. The maximum atomic E-state index is 12.7. The molecule has 2 aromatic carbocycles. The summed E-state index contributed by atoms with van der Waals surface area (Å²) in [6.07, 6.45) is 1.79. The van der Waals surface area contributed by atoms with Crippen molar-refractivity contribution in [1.82, 2.24) is 9.13 Å². The highest BCUT2D eigenvalue weighted by Crippen LogP contribution is 2.32. The minimum Gasteiger partial charge on any atom is -0.464 e. The summed E-state index contributed by atoms with van der Waals surface area (Å²) < 4.78 is 9.26. The van der Waals surface area contributed by atoms with Gasteiger partial charge in [0, 0.05) is 24.5 Å². The van der Waals surface area contributed by atoms with Crippen LogP contribution in [0.1, 0.15) is 20.8 Å². The highest BCUT2D eigenvalue weighted by atomic mass is 16.3. The van der Waals surface area contributed by atoms with E-state index >= 15 is 0 Å². The van der Waals surface area contributed by atoms with Gasteiger partial charge in [-0.05, 0) is 29.2 Å². The van der Waals surface area contributed by atoms with E-state index in [1.807, 2.05) is 35.9 Å². The molecular weight excluding hydrogens is 312 g/mol. The Hall–Kier alpha value is -2.75. The second-order valence-electron chi connectivity index (χ2n) is 7.84. The quantitative estimate of drug-likeness (QED) is 0.528. The van der Waals surface area contributed by atoms with Crippen molar-refractivity contribution >= 4 is 22.0 Å². The average molecular weight is 334 g/mol. The molecule has 0 radical (unpaired) electrons. The summed E-state index contributed by atoms with van der Waals surface area (Å²) in [5.41, 5.74) is 4.96. The van der Waals surface area contributed by atoms with E-state index in [2.05, 4.69) is 39.0 Å². The fourth-order valence-corrected chi connectivity index (χ4v) is 3.40. The van der Waals surface area contributed by atoms with Crippen molar-refractivity contribution in [3.05, 3.63) is 59.2 Å². The van der Waals surface area contributed by atoms with E-state index < -0.39 is 0 Å². The van der Waals surface area contributed by atoms with Crippen molar-refractivity contribution in [2.75, 3.05) is 0 Å². The summed E-state index contributed by atoms with van der Waals surface area (Å²) in [7, 11) is 1.83. The van der Waals surface area contributed by atoms with Crippen molar-refractivity contribution < 1.29 is 4.42 Å². The molecule has 0 aliphatic rings. The second kappa shape index (κ2) is 5.38. The van der Waals surface area contributed by atoms with Crippen LogP contribution < -0.4 is 5.69 Å². The van der Waals surface area contributed by atoms with Crippen LogP contribution in [0, 0.1) is 5.41 Å². The van der Waals surface area contributed by atoms with Gasteiger partial charge in [-0.25, -0.2) is 4.79 Å². The van der Waals surface area contributed by atoms with E-state index in [0.717, 1.165) is 33.1 Å². The SMILES string of the molecule is Cn1c(=O)n(CC(C)(C)C)c2ccc(-c3coc4ccccc34)cc21. The summed E-state index contributed by atoms with van der Waals surface area (Å²) >= 11 is 0. The molecule has 0 fully saturated rings. The maximum absolute atomic E-state index is 12.7. The number of hydrogen-bond acceptors (Lipinski definition) is 2. The summed E-state index contributed by atoms with van der Waals surface area (Å²) in [6, 6.07) is 14.2. The standard InChI is InChI=1S/C21H22N2O2/c1-21(2,3)13-23-17-10-9-14(11-18(17)22(4)20(23)24)16-12-25-19-8-6-5-7-15(16)19/h5-12H,13H2,1-4H3. The first-order chi connectivity index (χ1) is 11.8. The lowest BCUT2D eigenvalue weighted by atomic mass is 9.97. The van der Waals surface area contributed by atoms with Crippen LogP contribution in [-0.2, 0) is 13.6 Å². The molecule has 128 valence electrons. The first-order valence-electron chi connectivity index (χ1n) is 8.51. The van der Waals surface area contributed by atoms with Gasteiger partial charge in [-0.1, -0.05) is 45.0 Å². The molecule has 0 amide bonds. The van der Waals surface area contributed by atoms with Gasteiger partial charge in [0.2, 0.25) is 0 Å². The molecule has 2 heterocycles. The normalized spacial score (nSPS) is 12.3. The third-order valence-corrected chi connectivity index (χ3v) is 4.57. The Morgan fingerprint density at radius 3 is 2.56 bits per heavy atom. The van der Waals surface area contributed by atoms with Gasteiger partial charge >= 0.3 is 5.69 Å². The molecule has 0 bridgehead atoms. The summed E-state index contributed by atoms with van der Waals surface area (Å²) in [4.78, 5) is 12.7. The Labute approximate surface area is 146 Å². The van der Waals surface area contributed by atoms with Gasteiger partial charge < -0.3 is 4.42 Å². The zero-order valence-corrected chi connectivity index (χ0v) is 15.0. The van der Waals surface area contributed by atoms with Crippen LogP contribution in [0.4, 0.5) is 0 Å². The zero-order valence-electron chi connectivity index (χ0n) is 15.0. The smallest absolute Gasteiger partial charge is 0.328 e. The molecule has 25 heavy (non-hydrogen) atoms. The van der Waals surface area contributed by atoms with E-state index in [1.165, 1.54) is 0 Å². The van der Waals surface area contributed by atoms with E-state index in [9.17, 15) is 4.79 Å². The minimum absolute atomic E-state index is 0.0270. The molecule has 4 rings (SSSR count). The zero-order chi connectivity index (χ0) is 17.8. The van der Waals surface area contributed by atoms with Gasteiger partial charge in [0.05, 0.1) is 17.3 Å². The van der Waals surface area contributed by atoms with Gasteiger partial charge in [0.25, 0.3) is 0 Å². The van der Waals surface area contributed by atoms with Crippen LogP contribution in [0.15, 0.2) is 57.9 Å². The third kappa shape index (κ3) is 2.58. The van der Waals surface area contributed by atoms with E-state index in [-0.39, 0.29) is 11.1 Å². The Bertz CT molecular complexity index is 1140. The molecule has 0 N–H and O–H groups in total. The molecule has 0 saturated carbocycles. The Morgan fingerprint density at radius 1 is 1.04 bits per heavy atom. The van der Waals surface area contributed by atoms with Gasteiger partial charge in [0.15, 0.2) is 0 Å². The molecule has 0 aliphatic heterocycles. The largest absolute Gasteiger partial charge is 0.464 e. The molecule has 4 nitrogen and oxygen atoms in total. The molecule has 0 spiro atoms. The number of imidazole rings is 1. The number of rotatable bonds is 2. The van der Waals surface area contributed by atoms with Crippen molar-refractivity contribution in [2.45, 2.75) is 27.3 Å². The van der Waals surface area contributed by atoms with Gasteiger partial charge in [-0.15, -0.1) is 0 Å². The van der Waals surface area contributed by atoms with Crippen LogP contribution >= 0.6 is 0 Å². The first-order valence-corrected chi connectivity index (χ1v) is 8.51. The van der Waals surface area contributed by atoms with Crippen LogP contribution in [-0.4, -0.2) is 9.13 Å². The molecule has 0 aliphatic carbocycles. The van der Waals surface area contributed by atoms with Crippen molar-refractivity contribution in [3.63, 3.8) is 0 Å². The number of nitrogens with zero attached hydrogens (tertiary/aromatic N) is 2. The maximum Gasteiger partial charge on any atom is 0.328 e. The minimum atomic E-state index is 0.0270. The number of aromatic nitrogens is 2. The van der Waals surface area contributed by atoms with Crippen LogP contribution in [0.5, 0.6) is 0 Å². The van der Waals surface area contributed by atoms with Crippen molar-refractivity contribution in [2.24, 2.45) is 12.5 Å². The molecule has 0 unspecified atom stereocenters. The number of hydrogen-bond donors (Lipinski definition) is 0. The van der Waals surface area contributed by atoms with Gasteiger partial charge in [-0.3, -0.25) is 9.13 Å². The van der Waals surface area contributed by atoms with Crippen LogP contribution in [0.25, 0.3) is 33.1 Å². The molecule has 2 aromatic heterocycles. The Kier molecular flexibility index (Phi) is 3.39. The van der Waals surface area contributed by atoms with Crippen LogP contribution in [0.2, 0.25) is 0 Å². The number of benzene rings is 2. The predicted molar refractivity (Wildman–Crippen MR) is 102 cm³/mol. The van der Waals surface area contributed by atoms with Gasteiger partial charge in [-0.2, -0.15) is 0 Å². The molecule has 0 saturated heterocycles. The molecular formula is C21H22N2O2. The fraction of sp³-hybridized carbons (Fsp3) is 0.286. The van der Waals surface area contributed by atoms with E-state index in [4.69, 9.17) is 4.42 Å². The Morgan fingerprint density at radius 2 is 1.80 bits per heavy atom. The number of fused-ring (bicyclic) bond motifs is 2. The van der Waals surface area contributed by atoms with E-state index in [1.54, 1.807) is 10.8 Å². The van der Waals surface area contributed by atoms with Crippen LogP contribution in [0.3, 0.4) is 0 Å². The lowest BCUT2D eigenvalue weighted by molar-refractivity contribution is 0.342. The van der Waals surface area contributed by atoms with E-state index in [0.29, 0.717) is 6.54 Å². The highest BCUT2D eigenvalue weighted by molar-refractivity contribution is 5.96. The topological polar surface area (TPSA) is 40.1 Å². The molecule has 0 atom stereocenters. The number of para-hydroxylation sites is 1. The average Bonchev–Trinajstić information content (AvgIpc) is 3.09. The predicted octanol–water partition coefficient (Wildman–Crippen LogP) is 4.80. The summed E-state index contributed by atoms with van der Waals surface area (Å²) in [5, 5.41) is 1.08. The number of aryl methyl sites for hydroxylation is 1. The lowest BCUT2D eigenvalue weighted by Gasteiger charge is -2.18. The van der Waals surface area contributed by atoms with Gasteiger partial charge in [0.1, 0.15) is 5.58 Å². The summed E-state index contributed by atoms with van der Waals surface area (Å²) in [5.74, 6) is 0. The fourth-order valence-electron chi connectivity index (χ4n) is 3.40. The monoisotopic (exact) mass is 334 g/mol. The third-order valence-electron chi connectivity index (χ3n) is 4.57. The van der Waals surface area contributed by atoms with Crippen molar-refractivity contribution in [1.29, 1.82) is 0 Å². The first kappa shape index (κ1) is 15.8. The van der Waals surface area contributed by atoms with Crippen molar-refractivity contribution in [3.8, 4) is 11.1 Å². The summed E-state index contributed by atoms with van der Waals surface area (Å²) in [6.45, 7) is 7.12. The second-order valence-corrected chi connectivity index (χ2v) is 7.84.